The van der Waals surface area contributed by atoms with Gasteiger partial charge in [-0.25, -0.2) is 4.99 Å². The number of hydrogen-bond acceptors (Lipinski definition) is 5. The van der Waals surface area contributed by atoms with Crippen LogP contribution in [0.5, 0.6) is 0 Å². The third-order valence-electron chi connectivity index (χ3n) is 5.67. The van der Waals surface area contributed by atoms with Gasteiger partial charge in [0.1, 0.15) is 5.70 Å². The van der Waals surface area contributed by atoms with Crippen LogP contribution in [0.25, 0.3) is 0 Å². The lowest BCUT2D eigenvalue weighted by molar-refractivity contribution is -0.253. The van der Waals surface area contributed by atoms with Crippen LogP contribution in [0, 0.1) is 0 Å². The monoisotopic (exact) mass is 654 g/mol. The number of thioether (sulfide) groups is 1. The van der Waals surface area contributed by atoms with Gasteiger partial charge >= 0.3 is 25.8 Å². The average molecular weight is 654 g/mol. The number of hydrogen-bond donors (Lipinski definition) is 0. The first-order valence-corrected chi connectivity index (χ1v) is 14.3. The van der Waals surface area contributed by atoms with Crippen LogP contribution in [0.1, 0.15) is 41.5 Å². The van der Waals surface area contributed by atoms with Crippen LogP contribution in [0.15, 0.2) is 16.5 Å². The topological polar surface area (TPSA) is 22.1 Å². The van der Waals surface area contributed by atoms with Gasteiger partial charge in [0.2, 0.25) is 5.83 Å². The van der Waals surface area contributed by atoms with Crippen molar-refractivity contribution in [2.45, 2.75) is 64.8 Å². The highest BCUT2D eigenvalue weighted by Crippen LogP contribution is 2.76. The highest BCUT2D eigenvalue weighted by molar-refractivity contribution is 8.29. The molecule has 0 atom stereocenters. The van der Waals surface area contributed by atoms with E-state index < -0.39 is 66.3 Å². The van der Waals surface area contributed by atoms with Gasteiger partial charge in [-0.15, -0.1) is 14.0 Å². The molecule has 0 aromatic heterocycles. The molecule has 0 radical (unpaired) electrons. The van der Waals surface area contributed by atoms with Crippen molar-refractivity contribution in [3.8, 4) is 0 Å². The number of halogens is 14. The van der Waals surface area contributed by atoms with Crippen molar-refractivity contribution in [2.75, 3.05) is 39.3 Å². The molecule has 40 heavy (non-hydrogen) atoms. The molecule has 1 rings (SSSR count). The fourth-order valence-electron chi connectivity index (χ4n) is 4.15. The van der Waals surface area contributed by atoms with Crippen LogP contribution in [-0.4, -0.2) is 88.6 Å². The zero-order chi connectivity index (χ0) is 32.1. The summed E-state index contributed by atoms with van der Waals surface area (Å²) < 4.78 is 178. The highest BCUT2D eigenvalue weighted by Gasteiger charge is 2.81. The molecule has 238 valence electrons. The largest absolute Gasteiger partial charge is 0.673 e. The molecule has 0 aliphatic carbocycles. The molecule has 0 fully saturated rings. The fraction of sp³-hybridized carbons (Fsp3) is 0.842. The maximum atomic E-state index is 14.4. The zero-order valence-corrected chi connectivity index (χ0v) is 24.0. The first-order chi connectivity index (χ1) is 17.9. The minimum absolute atomic E-state index is 0.155. The molecule has 0 saturated carbocycles. The lowest BCUT2D eigenvalue weighted by atomic mass is 10.0. The summed E-state index contributed by atoms with van der Waals surface area (Å²) in [6.45, 7) is 10.8. The van der Waals surface area contributed by atoms with E-state index in [0.717, 1.165) is 0 Å². The zero-order valence-electron chi connectivity index (χ0n) is 22.3. The highest BCUT2D eigenvalue weighted by atomic mass is 32.2. The van der Waals surface area contributed by atoms with Crippen molar-refractivity contribution in [2.24, 2.45) is 4.99 Å². The summed E-state index contributed by atoms with van der Waals surface area (Å²) in [6.07, 6.45) is -18.8. The van der Waals surface area contributed by atoms with E-state index in [-0.39, 0.29) is 39.3 Å². The van der Waals surface area contributed by atoms with Crippen LogP contribution >= 0.6 is 19.5 Å². The van der Waals surface area contributed by atoms with Gasteiger partial charge in [-0.3, -0.25) is 0 Å². The third kappa shape index (κ3) is 7.95. The second-order valence-electron chi connectivity index (χ2n) is 7.81. The van der Waals surface area contributed by atoms with E-state index >= 15 is 0 Å². The molecular weight excluding hydrogens is 624 g/mol. The Bertz CT molecular complexity index is 825. The van der Waals surface area contributed by atoms with Crippen molar-refractivity contribution < 1.29 is 61.2 Å². The summed E-state index contributed by atoms with van der Waals surface area (Å²) in [7, 11) is -9.58. The standard InChI is InChI=1S/C19H30F10N4PS.BF4/c1-7-31(8-2)34(32(9-3)10-4,33(11-5)12-6)15-30-14(13(20)17(21,22)23)16(35-15,18(24,25)26)19(27,28)29;2-1(3,4)5/h7-12H2,1-6H3;/q+1;-1/b14-13+;. The SMILES string of the molecule is CCN(CC)[P+](C1=N/C(=C(/F)C(F)(F)F)C(C(F)(F)F)(C(F)(F)F)S1)(N(CC)CC)N(CC)CC.F[B-](F)(F)F. The number of rotatable bonds is 10. The Kier molecular flexibility index (Phi) is 13.8. The van der Waals surface area contributed by atoms with Gasteiger partial charge < -0.3 is 17.3 Å². The van der Waals surface area contributed by atoms with E-state index in [1.807, 2.05) is 0 Å². The van der Waals surface area contributed by atoms with E-state index in [1.165, 1.54) is 0 Å². The summed E-state index contributed by atoms with van der Waals surface area (Å²) in [6, 6.07) is 0. The Morgan fingerprint density at radius 3 is 1.18 bits per heavy atom. The minimum atomic E-state index is -6.33. The van der Waals surface area contributed by atoms with Gasteiger partial charge in [-0.05, 0) is 53.3 Å². The molecule has 1 aliphatic heterocycles. The van der Waals surface area contributed by atoms with Crippen LogP contribution in [-0.2, 0) is 0 Å². The molecule has 1 aliphatic rings. The predicted molar refractivity (Wildman–Crippen MR) is 130 cm³/mol. The maximum Gasteiger partial charge on any atom is 0.673 e. The number of allylic oxidation sites excluding steroid dienone is 1. The van der Waals surface area contributed by atoms with Gasteiger partial charge in [0.05, 0.1) is 0 Å². The first-order valence-electron chi connectivity index (χ1n) is 11.8. The molecule has 0 amide bonds. The van der Waals surface area contributed by atoms with Crippen molar-refractivity contribution in [1.82, 2.24) is 14.0 Å². The molecule has 1 heterocycles. The number of aliphatic imine (C=N–C) groups is 1. The molecule has 0 N–H and O–H groups in total. The van der Waals surface area contributed by atoms with E-state index in [4.69, 9.17) is 0 Å². The first kappa shape index (κ1) is 39.2. The van der Waals surface area contributed by atoms with Crippen molar-refractivity contribution in [3.63, 3.8) is 0 Å². The molecule has 0 aromatic rings. The molecule has 0 aromatic carbocycles. The van der Waals surface area contributed by atoms with Crippen molar-refractivity contribution in [3.05, 3.63) is 11.5 Å². The van der Waals surface area contributed by atoms with Crippen LogP contribution in [0.2, 0.25) is 0 Å². The molecule has 4 nitrogen and oxygen atoms in total. The van der Waals surface area contributed by atoms with E-state index in [9.17, 15) is 61.2 Å². The quantitative estimate of drug-likeness (QED) is 0.134. The second-order valence-corrected chi connectivity index (χ2v) is 12.6. The second kappa shape index (κ2) is 14.1. The average Bonchev–Trinajstić information content (AvgIpc) is 3.21. The van der Waals surface area contributed by atoms with Crippen LogP contribution < -0.4 is 0 Å². The maximum absolute atomic E-state index is 14.4. The van der Waals surface area contributed by atoms with E-state index in [0.29, 0.717) is 0 Å². The Morgan fingerprint density at radius 1 is 0.700 bits per heavy atom. The van der Waals surface area contributed by atoms with Gasteiger partial charge in [-0.2, -0.15) is 43.9 Å². The van der Waals surface area contributed by atoms with E-state index in [2.05, 4.69) is 4.99 Å². The molecule has 21 heteroatoms. The summed E-state index contributed by atoms with van der Waals surface area (Å²) in [5.41, 5.74) is -2.71. The Balaban J connectivity index is 0.00000277. The lowest BCUT2D eigenvalue weighted by Gasteiger charge is -2.45. The van der Waals surface area contributed by atoms with Gasteiger partial charge in [-0.1, -0.05) is 0 Å². The van der Waals surface area contributed by atoms with Gasteiger partial charge in [0.25, 0.3) is 17.2 Å². The predicted octanol–water partition coefficient (Wildman–Crippen LogP) is 8.78. The third-order valence-corrected chi connectivity index (χ3v) is 12.6. The normalized spacial score (nSPS) is 18.3. The molecule has 0 unspecified atom stereocenters. The van der Waals surface area contributed by atoms with Crippen molar-refractivity contribution >= 4 is 31.5 Å². The van der Waals surface area contributed by atoms with Gasteiger partial charge in [0.15, 0.2) is 0 Å². The van der Waals surface area contributed by atoms with Gasteiger partial charge in [0, 0.05) is 39.3 Å². The molecule has 0 bridgehead atoms. The summed E-state index contributed by atoms with van der Waals surface area (Å²) in [5, 5.41) is 0. The van der Waals surface area contributed by atoms with Crippen LogP contribution in [0.3, 0.4) is 0 Å². The Hall–Kier alpha value is -0.845. The van der Waals surface area contributed by atoms with Crippen LogP contribution in [0.4, 0.5) is 61.2 Å². The number of nitrogens with zero attached hydrogens (tertiary/aromatic N) is 4. The summed E-state index contributed by atoms with van der Waals surface area (Å²) >= 11 is -0.865. The minimum Gasteiger partial charge on any atom is -0.418 e. The smallest absolute Gasteiger partial charge is 0.418 e. The Morgan fingerprint density at radius 2 is 0.975 bits per heavy atom. The summed E-state index contributed by atoms with van der Waals surface area (Å²) in [4.78, 5) is 2.50. The molecule has 0 spiro atoms. The number of alkyl halides is 9. The lowest BCUT2D eigenvalue weighted by Crippen LogP contribution is -2.55. The Labute approximate surface area is 227 Å². The van der Waals surface area contributed by atoms with Crippen molar-refractivity contribution in [1.29, 1.82) is 0 Å². The van der Waals surface area contributed by atoms with E-state index in [1.54, 1.807) is 55.6 Å². The molecular formula is C19H30BF14N4PS. The molecule has 0 saturated heterocycles. The summed E-state index contributed by atoms with van der Waals surface area (Å²) in [5.74, 6) is -3.51. The fourth-order valence-corrected chi connectivity index (χ4v) is 11.4.